The van der Waals surface area contributed by atoms with E-state index in [9.17, 15) is 13.2 Å². The Balaban J connectivity index is 4.26. The summed E-state index contributed by atoms with van der Waals surface area (Å²) in [5.41, 5.74) is -0.121. The van der Waals surface area contributed by atoms with Gasteiger partial charge in [-0.2, -0.15) is 13.2 Å². The summed E-state index contributed by atoms with van der Waals surface area (Å²) in [7, 11) is 1.52. The van der Waals surface area contributed by atoms with Crippen molar-refractivity contribution < 1.29 is 13.2 Å². The summed E-state index contributed by atoms with van der Waals surface area (Å²) in [5.74, 6) is 0. The Morgan fingerprint density at radius 2 is 1.71 bits per heavy atom. The van der Waals surface area contributed by atoms with Crippen molar-refractivity contribution in [2.75, 3.05) is 26.7 Å². The second kappa shape index (κ2) is 6.59. The van der Waals surface area contributed by atoms with Crippen LogP contribution in [0.1, 0.15) is 34.1 Å². The molecule has 0 aliphatic heterocycles. The fourth-order valence-electron chi connectivity index (χ4n) is 1.76. The van der Waals surface area contributed by atoms with Gasteiger partial charge in [0.25, 0.3) is 0 Å². The first-order valence-corrected chi connectivity index (χ1v) is 6.06. The fourth-order valence-corrected chi connectivity index (χ4v) is 1.76. The average Bonchev–Trinajstić information content (AvgIpc) is 2.11. The van der Waals surface area contributed by atoms with Crippen LogP contribution in [0.15, 0.2) is 0 Å². The van der Waals surface area contributed by atoms with Crippen LogP contribution in [0, 0.1) is 5.41 Å². The van der Waals surface area contributed by atoms with Crippen molar-refractivity contribution in [3.63, 3.8) is 0 Å². The molecule has 17 heavy (non-hydrogen) atoms. The Kier molecular flexibility index (Phi) is 6.48. The molecule has 0 aromatic rings. The third-order valence-electron chi connectivity index (χ3n) is 2.89. The van der Waals surface area contributed by atoms with Crippen LogP contribution in [0.5, 0.6) is 0 Å². The lowest BCUT2D eigenvalue weighted by Crippen LogP contribution is -2.44. The van der Waals surface area contributed by atoms with Crippen LogP contribution in [0.25, 0.3) is 0 Å². The molecule has 0 spiro atoms. The lowest BCUT2D eigenvalue weighted by molar-refractivity contribution is -0.145. The van der Waals surface area contributed by atoms with E-state index in [0.717, 1.165) is 13.0 Å². The lowest BCUT2D eigenvalue weighted by Gasteiger charge is -2.34. The van der Waals surface area contributed by atoms with Crippen LogP contribution in [0.4, 0.5) is 13.2 Å². The van der Waals surface area contributed by atoms with Gasteiger partial charge in [-0.1, -0.05) is 27.7 Å². The second-order valence-corrected chi connectivity index (χ2v) is 5.49. The van der Waals surface area contributed by atoms with Gasteiger partial charge in [0.1, 0.15) is 0 Å². The Bertz CT molecular complexity index is 216. The summed E-state index contributed by atoms with van der Waals surface area (Å²) < 4.78 is 36.7. The van der Waals surface area contributed by atoms with E-state index in [1.807, 2.05) is 27.7 Å². The smallest absolute Gasteiger partial charge is 0.314 e. The second-order valence-electron chi connectivity index (χ2n) is 5.49. The minimum absolute atomic E-state index is 0.121. The van der Waals surface area contributed by atoms with Gasteiger partial charge in [-0.15, -0.1) is 0 Å². The van der Waals surface area contributed by atoms with Gasteiger partial charge in [-0.05, 0) is 18.9 Å². The first kappa shape index (κ1) is 16.7. The molecule has 0 aliphatic rings. The Hall–Kier alpha value is -0.290. The van der Waals surface area contributed by atoms with Crippen LogP contribution in [0.3, 0.4) is 0 Å². The van der Waals surface area contributed by atoms with Crippen molar-refractivity contribution in [1.82, 2.24) is 10.2 Å². The molecule has 1 N–H and O–H groups in total. The Morgan fingerprint density at radius 3 is 2.06 bits per heavy atom. The van der Waals surface area contributed by atoms with Crippen molar-refractivity contribution in [3.05, 3.63) is 0 Å². The monoisotopic (exact) mass is 254 g/mol. The van der Waals surface area contributed by atoms with Gasteiger partial charge in [0.15, 0.2) is 0 Å². The molecule has 0 saturated heterocycles. The van der Waals surface area contributed by atoms with Gasteiger partial charge >= 0.3 is 6.18 Å². The number of hydrogen-bond donors (Lipinski definition) is 1. The van der Waals surface area contributed by atoms with Crippen LogP contribution in [0.2, 0.25) is 0 Å². The van der Waals surface area contributed by atoms with E-state index >= 15 is 0 Å². The zero-order chi connectivity index (χ0) is 13.7. The number of rotatable bonds is 7. The minimum Gasteiger partial charge on any atom is -0.314 e. The predicted molar refractivity (Wildman–Crippen MR) is 65.1 cm³/mol. The number of hydrogen-bond acceptors (Lipinski definition) is 2. The van der Waals surface area contributed by atoms with Crippen molar-refractivity contribution in [3.8, 4) is 0 Å². The standard InChI is InChI=1S/C12H25F3N2/c1-6-11(4,7-16-10(2)3)8-17(5)9-12(13,14)15/h10,16H,6-9H2,1-5H3. The Labute approximate surface area is 103 Å². The fraction of sp³-hybridized carbons (Fsp3) is 1.00. The van der Waals surface area contributed by atoms with Gasteiger partial charge in [-0.25, -0.2) is 0 Å². The highest BCUT2D eigenvalue weighted by Gasteiger charge is 2.32. The molecule has 104 valence electrons. The molecule has 0 rings (SSSR count). The maximum Gasteiger partial charge on any atom is 0.401 e. The molecule has 0 aromatic heterocycles. The van der Waals surface area contributed by atoms with Gasteiger partial charge in [0, 0.05) is 19.1 Å². The average molecular weight is 254 g/mol. The zero-order valence-corrected chi connectivity index (χ0v) is 11.5. The highest BCUT2D eigenvalue weighted by Crippen LogP contribution is 2.23. The maximum absolute atomic E-state index is 12.2. The summed E-state index contributed by atoms with van der Waals surface area (Å²) >= 11 is 0. The third kappa shape index (κ3) is 8.44. The van der Waals surface area contributed by atoms with Gasteiger partial charge in [-0.3, -0.25) is 4.90 Å². The van der Waals surface area contributed by atoms with Crippen molar-refractivity contribution in [1.29, 1.82) is 0 Å². The summed E-state index contributed by atoms with van der Waals surface area (Å²) in [4.78, 5) is 1.35. The zero-order valence-electron chi connectivity index (χ0n) is 11.5. The maximum atomic E-state index is 12.2. The van der Waals surface area contributed by atoms with E-state index in [1.165, 1.54) is 11.9 Å². The largest absolute Gasteiger partial charge is 0.401 e. The van der Waals surface area contributed by atoms with Crippen molar-refractivity contribution in [2.24, 2.45) is 5.41 Å². The minimum atomic E-state index is -4.12. The normalized spacial score (nSPS) is 16.6. The van der Waals surface area contributed by atoms with Crippen LogP contribution in [-0.2, 0) is 0 Å². The molecule has 0 aliphatic carbocycles. The summed E-state index contributed by atoms with van der Waals surface area (Å²) in [6, 6.07) is 0.355. The predicted octanol–water partition coefficient (Wildman–Crippen LogP) is 2.89. The molecule has 1 unspecified atom stereocenters. The summed E-state index contributed by atoms with van der Waals surface area (Å²) in [5, 5.41) is 3.30. The topological polar surface area (TPSA) is 15.3 Å². The molecule has 0 bridgehead atoms. The number of nitrogens with one attached hydrogen (secondary N) is 1. The van der Waals surface area contributed by atoms with Gasteiger partial charge in [0.05, 0.1) is 6.54 Å². The highest BCUT2D eigenvalue weighted by atomic mass is 19.4. The quantitative estimate of drug-likeness (QED) is 0.751. The lowest BCUT2D eigenvalue weighted by atomic mass is 9.86. The molecule has 0 fully saturated rings. The van der Waals surface area contributed by atoms with Crippen molar-refractivity contribution in [2.45, 2.75) is 46.3 Å². The summed E-state index contributed by atoms with van der Waals surface area (Å²) in [6.07, 6.45) is -3.26. The molecule has 5 heteroatoms. The molecule has 0 aromatic carbocycles. The Morgan fingerprint density at radius 1 is 1.18 bits per heavy atom. The highest BCUT2D eigenvalue weighted by molar-refractivity contribution is 4.80. The van der Waals surface area contributed by atoms with Crippen LogP contribution >= 0.6 is 0 Å². The first-order valence-electron chi connectivity index (χ1n) is 6.06. The molecular weight excluding hydrogens is 229 g/mol. The summed E-state index contributed by atoms with van der Waals surface area (Å²) in [6.45, 7) is 8.46. The van der Waals surface area contributed by atoms with Crippen molar-refractivity contribution >= 4 is 0 Å². The SMILES string of the molecule is CCC(C)(CNC(C)C)CN(C)CC(F)(F)F. The van der Waals surface area contributed by atoms with E-state index in [0.29, 0.717) is 12.6 Å². The number of alkyl halides is 3. The first-order chi connectivity index (χ1) is 7.58. The molecule has 0 radical (unpaired) electrons. The van der Waals surface area contributed by atoms with E-state index in [1.54, 1.807) is 0 Å². The molecule has 1 atom stereocenters. The molecule has 0 saturated carbocycles. The van der Waals surface area contributed by atoms with Gasteiger partial charge in [0.2, 0.25) is 0 Å². The molecule has 0 amide bonds. The van der Waals surface area contributed by atoms with E-state index in [2.05, 4.69) is 5.32 Å². The third-order valence-corrected chi connectivity index (χ3v) is 2.89. The molecule has 0 heterocycles. The number of nitrogens with zero attached hydrogens (tertiary/aromatic N) is 1. The van der Waals surface area contributed by atoms with E-state index in [4.69, 9.17) is 0 Å². The number of halogens is 3. The van der Waals surface area contributed by atoms with Crippen LogP contribution in [-0.4, -0.2) is 43.8 Å². The molecular formula is C12H25F3N2. The van der Waals surface area contributed by atoms with E-state index in [-0.39, 0.29) is 5.41 Å². The van der Waals surface area contributed by atoms with E-state index < -0.39 is 12.7 Å². The van der Waals surface area contributed by atoms with Crippen LogP contribution < -0.4 is 5.32 Å². The van der Waals surface area contributed by atoms with Gasteiger partial charge < -0.3 is 5.32 Å². The molecule has 2 nitrogen and oxygen atoms in total.